The Bertz CT molecular complexity index is 734. The van der Waals surface area contributed by atoms with Crippen molar-refractivity contribution >= 4 is 17.5 Å². The molecule has 0 bridgehead atoms. The highest BCUT2D eigenvalue weighted by Gasteiger charge is 2.15. The Balaban J connectivity index is 2.03. The molecular formula is C18H21N3O4. The van der Waals surface area contributed by atoms with E-state index in [9.17, 15) is 9.59 Å². The lowest BCUT2D eigenvalue weighted by molar-refractivity contribution is -0.133. The first-order chi connectivity index (χ1) is 12.0. The van der Waals surface area contributed by atoms with Gasteiger partial charge in [0.1, 0.15) is 6.54 Å². The van der Waals surface area contributed by atoms with Gasteiger partial charge < -0.3 is 19.7 Å². The van der Waals surface area contributed by atoms with Crippen molar-refractivity contribution in [1.82, 2.24) is 9.88 Å². The first-order valence-corrected chi connectivity index (χ1v) is 7.70. The number of amides is 2. The second-order valence-electron chi connectivity index (χ2n) is 5.31. The zero-order valence-corrected chi connectivity index (χ0v) is 14.5. The molecule has 132 valence electrons. The summed E-state index contributed by atoms with van der Waals surface area (Å²) < 4.78 is 10.4. The van der Waals surface area contributed by atoms with Crippen LogP contribution in [0, 0.1) is 0 Å². The van der Waals surface area contributed by atoms with Gasteiger partial charge in [0.2, 0.25) is 11.8 Å². The van der Waals surface area contributed by atoms with Crippen molar-refractivity contribution < 1.29 is 19.1 Å². The lowest BCUT2D eigenvalue weighted by atomic mass is 10.2. The second-order valence-corrected chi connectivity index (χ2v) is 5.31. The lowest BCUT2D eigenvalue weighted by Crippen LogP contribution is -2.36. The molecule has 0 fully saturated rings. The Kier molecular flexibility index (Phi) is 6.33. The van der Waals surface area contributed by atoms with Crippen molar-refractivity contribution in [3.63, 3.8) is 0 Å². The van der Waals surface area contributed by atoms with E-state index in [0.29, 0.717) is 17.2 Å². The van der Waals surface area contributed by atoms with Crippen molar-refractivity contribution in [2.45, 2.75) is 13.5 Å². The summed E-state index contributed by atoms with van der Waals surface area (Å²) in [5.41, 5.74) is 1.28. The summed E-state index contributed by atoms with van der Waals surface area (Å²) in [5.74, 6) is 0.574. The van der Waals surface area contributed by atoms with E-state index in [4.69, 9.17) is 9.47 Å². The Morgan fingerprint density at radius 3 is 2.48 bits per heavy atom. The van der Waals surface area contributed by atoms with E-state index in [1.54, 1.807) is 37.6 Å². The number of nitrogens with one attached hydrogen (secondary N) is 1. The van der Waals surface area contributed by atoms with Crippen LogP contribution in [0.5, 0.6) is 11.5 Å². The molecule has 25 heavy (non-hydrogen) atoms. The number of pyridine rings is 1. The van der Waals surface area contributed by atoms with Crippen LogP contribution in [0.3, 0.4) is 0 Å². The van der Waals surface area contributed by atoms with Crippen LogP contribution in [-0.4, -0.2) is 42.5 Å². The van der Waals surface area contributed by atoms with Gasteiger partial charge in [-0.25, -0.2) is 0 Å². The number of ether oxygens (including phenoxy) is 2. The van der Waals surface area contributed by atoms with Crippen LogP contribution in [0.15, 0.2) is 42.6 Å². The molecule has 7 heteroatoms. The summed E-state index contributed by atoms with van der Waals surface area (Å²) in [6, 6.07) is 10.5. The highest BCUT2D eigenvalue weighted by Crippen LogP contribution is 2.29. The van der Waals surface area contributed by atoms with Gasteiger partial charge in [-0.15, -0.1) is 0 Å². The molecular weight excluding hydrogens is 322 g/mol. The van der Waals surface area contributed by atoms with Gasteiger partial charge in [-0.1, -0.05) is 6.07 Å². The van der Waals surface area contributed by atoms with E-state index < -0.39 is 0 Å². The van der Waals surface area contributed by atoms with Gasteiger partial charge in [-0.3, -0.25) is 14.6 Å². The molecule has 0 unspecified atom stereocenters. The first-order valence-electron chi connectivity index (χ1n) is 7.70. The fraction of sp³-hybridized carbons (Fsp3) is 0.278. The number of hydrogen-bond donors (Lipinski definition) is 1. The molecule has 0 aliphatic carbocycles. The van der Waals surface area contributed by atoms with Gasteiger partial charge in [0, 0.05) is 24.9 Å². The average Bonchev–Trinajstić information content (AvgIpc) is 2.61. The maximum absolute atomic E-state index is 12.3. The van der Waals surface area contributed by atoms with Crippen LogP contribution in [0.1, 0.15) is 12.6 Å². The number of aromatic nitrogens is 1. The number of hydrogen-bond acceptors (Lipinski definition) is 5. The Morgan fingerprint density at radius 2 is 1.88 bits per heavy atom. The van der Waals surface area contributed by atoms with Gasteiger partial charge in [0.25, 0.3) is 0 Å². The minimum absolute atomic E-state index is 0.0692. The summed E-state index contributed by atoms with van der Waals surface area (Å²) in [7, 11) is 3.06. The van der Waals surface area contributed by atoms with Gasteiger partial charge in [-0.05, 0) is 24.3 Å². The molecule has 1 heterocycles. The SMILES string of the molecule is COc1ccc(NC(=O)CN(Cc2ccccn2)C(C)=O)cc1OC. The van der Waals surface area contributed by atoms with Crippen LogP contribution in [0.2, 0.25) is 0 Å². The van der Waals surface area contributed by atoms with E-state index in [2.05, 4.69) is 10.3 Å². The molecule has 0 aliphatic heterocycles. The van der Waals surface area contributed by atoms with Gasteiger partial charge >= 0.3 is 0 Å². The van der Waals surface area contributed by atoms with Crippen molar-refractivity contribution in [1.29, 1.82) is 0 Å². The van der Waals surface area contributed by atoms with Crippen molar-refractivity contribution in [3.8, 4) is 11.5 Å². The molecule has 2 amide bonds. The number of rotatable bonds is 7. The highest BCUT2D eigenvalue weighted by atomic mass is 16.5. The normalized spacial score (nSPS) is 10.0. The number of carbonyl (C=O) groups is 2. The highest BCUT2D eigenvalue weighted by molar-refractivity contribution is 5.94. The van der Waals surface area contributed by atoms with E-state index in [0.717, 1.165) is 5.69 Å². The zero-order chi connectivity index (χ0) is 18.2. The molecule has 0 saturated heterocycles. The number of nitrogens with zero attached hydrogens (tertiary/aromatic N) is 2. The van der Waals surface area contributed by atoms with E-state index in [1.807, 2.05) is 12.1 Å². The molecule has 0 atom stereocenters. The third kappa shape index (κ3) is 5.20. The fourth-order valence-corrected chi connectivity index (χ4v) is 2.25. The third-order valence-corrected chi connectivity index (χ3v) is 3.53. The Hall–Kier alpha value is -3.09. The summed E-state index contributed by atoms with van der Waals surface area (Å²) in [6.07, 6.45) is 1.65. The standard InChI is InChI=1S/C18H21N3O4/c1-13(22)21(11-15-6-4-5-9-19-15)12-18(23)20-14-7-8-16(24-2)17(10-14)25-3/h4-10H,11-12H2,1-3H3,(H,20,23). The van der Waals surface area contributed by atoms with E-state index in [-0.39, 0.29) is 24.9 Å². The Labute approximate surface area is 146 Å². The van der Waals surface area contributed by atoms with Crippen LogP contribution in [0.4, 0.5) is 5.69 Å². The maximum atomic E-state index is 12.3. The molecule has 1 N–H and O–H groups in total. The van der Waals surface area contributed by atoms with Gasteiger partial charge in [0.05, 0.1) is 26.5 Å². The number of methoxy groups -OCH3 is 2. The predicted molar refractivity (Wildman–Crippen MR) is 93.5 cm³/mol. The Morgan fingerprint density at radius 1 is 1.12 bits per heavy atom. The minimum atomic E-state index is -0.307. The van der Waals surface area contributed by atoms with Crippen molar-refractivity contribution in [2.24, 2.45) is 0 Å². The monoisotopic (exact) mass is 343 g/mol. The smallest absolute Gasteiger partial charge is 0.244 e. The molecule has 0 spiro atoms. The zero-order valence-electron chi connectivity index (χ0n) is 14.5. The summed E-state index contributed by atoms with van der Waals surface area (Å²) >= 11 is 0. The average molecular weight is 343 g/mol. The van der Waals surface area contributed by atoms with Crippen molar-refractivity contribution in [3.05, 3.63) is 48.3 Å². The first kappa shape index (κ1) is 18.3. The quantitative estimate of drug-likeness (QED) is 0.832. The summed E-state index contributed by atoms with van der Waals surface area (Å²) in [4.78, 5) is 29.7. The molecule has 7 nitrogen and oxygen atoms in total. The molecule has 2 rings (SSSR count). The van der Waals surface area contributed by atoms with Gasteiger partial charge in [-0.2, -0.15) is 0 Å². The number of anilines is 1. The predicted octanol–water partition coefficient (Wildman–Crippen LogP) is 2.09. The van der Waals surface area contributed by atoms with E-state index >= 15 is 0 Å². The lowest BCUT2D eigenvalue weighted by Gasteiger charge is -2.20. The van der Waals surface area contributed by atoms with Crippen molar-refractivity contribution in [2.75, 3.05) is 26.1 Å². The van der Waals surface area contributed by atoms with Crippen LogP contribution in [0.25, 0.3) is 0 Å². The third-order valence-electron chi connectivity index (χ3n) is 3.53. The molecule has 1 aromatic carbocycles. The minimum Gasteiger partial charge on any atom is -0.493 e. The van der Waals surface area contributed by atoms with Crippen LogP contribution < -0.4 is 14.8 Å². The van der Waals surface area contributed by atoms with Gasteiger partial charge in [0.15, 0.2) is 11.5 Å². The number of carbonyl (C=O) groups excluding carboxylic acids is 2. The number of benzene rings is 1. The maximum Gasteiger partial charge on any atom is 0.244 e. The molecule has 2 aromatic rings. The topological polar surface area (TPSA) is 80.8 Å². The second kappa shape index (κ2) is 8.68. The van der Waals surface area contributed by atoms with Crippen LogP contribution in [-0.2, 0) is 16.1 Å². The summed E-state index contributed by atoms with van der Waals surface area (Å²) in [6.45, 7) is 1.63. The van der Waals surface area contributed by atoms with Crippen LogP contribution >= 0.6 is 0 Å². The molecule has 1 aromatic heterocycles. The molecule has 0 saturated carbocycles. The summed E-state index contributed by atoms with van der Waals surface area (Å²) in [5, 5.41) is 2.75. The molecule has 0 aliphatic rings. The fourth-order valence-electron chi connectivity index (χ4n) is 2.25. The largest absolute Gasteiger partial charge is 0.493 e. The molecule has 0 radical (unpaired) electrons. The van der Waals surface area contributed by atoms with E-state index in [1.165, 1.54) is 18.9 Å².